The Balaban J connectivity index is 2.46. The van der Waals surface area contributed by atoms with Crippen molar-refractivity contribution < 1.29 is 4.79 Å². The first-order chi connectivity index (χ1) is 9.78. The van der Waals surface area contributed by atoms with Gasteiger partial charge in [0.1, 0.15) is 0 Å². The maximum atomic E-state index is 11.7. The van der Waals surface area contributed by atoms with E-state index in [9.17, 15) is 4.79 Å². The van der Waals surface area contributed by atoms with E-state index in [-0.39, 0.29) is 11.4 Å². The molecule has 0 aliphatic heterocycles. The Morgan fingerprint density at radius 2 is 2.00 bits per heavy atom. The Hall–Kier alpha value is -0.880. The van der Waals surface area contributed by atoms with Crippen LogP contribution in [-0.2, 0) is 24.3 Å². The fraction of sp³-hybridized carbons (Fsp3) is 0.733. The van der Waals surface area contributed by atoms with Crippen molar-refractivity contribution in [1.29, 1.82) is 0 Å². The molecule has 1 aromatic rings. The Bertz CT molecular complexity index is 477. The molecule has 0 atom stereocenters. The van der Waals surface area contributed by atoms with Crippen molar-refractivity contribution in [3.63, 3.8) is 0 Å². The van der Waals surface area contributed by atoms with Gasteiger partial charge in [0.25, 0.3) is 0 Å². The molecule has 5 nitrogen and oxygen atoms in total. The highest BCUT2D eigenvalue weighted by Crippen LogP contribution is 2.22. The SMILES string of the molecule is CCc1nn(CC)c(CNCCC(=O)NC(C)(C)C)c1Br. The summed E-state index contributed by atoms with van der Waals surface area (Å²) in [7, 11) is 0. The third-order valence-electron chi connectivity index (χ3n) is 3.03. The average Bonchev–Trinajstić information content (AvgIpc) is 2.69. The standard InChI is InChI=1S/C15H27BrN4O/c1-6-11-14(16)12(20(7-2)19-11)10-17-9-8-13(21)18-15(3,4)5/h17H,6-10H2,1-5H3,(H,18,21). The van der Waals surface area contributed by atoms with Crippen LogP contribution in [0.2, 0.25) is 0 Å². The van der Waals surface area contributed by atoms with Gasteiger partial charge in [-0.05, 0) is 50.0 Å². The van der Waals surface area contributed by atoms with Crippen molar-refractivity contribution in [2.75, 3.05) is 6.54 Å². The summed E-state index contributed by atoms with van der Waals surface area (Å²) in [5, 5.41) is 10.8. The zero-order valence-electron chi connectivity index (χ0n) is 13.7. The minimum atomic E-state index is -0.170. The molecule has 0 saturated carbocycles. The van der Waals surface area contributed by atoms with E-state index in [4.69, 9.17) is 0 Å². The number of nitrogens with zero attached hydrogens (tertiary/aromatic N) is 2. The first-order valence-electron chi connectivity index (χ1n) is 7.54. The predicted molar refractivity (Wildman–Crippen MR) is 89.2 cm³/mol. The number of hydrogen-bond acceptors (Lipinski definition) is 3. The summed E-state index contributed by atoms with van der Waals surface area (Å²) in [6.45, 7) is 12.4. The fourth-order valence-electron chi connectivity index (χ4n) is 2.08. The lowest BCUT2D eigenvalue weighted by molar-refractivity contribution is -0.122. The van der Waals surface area contributed by atoms with E-state index in [0.29, 0.717) is 19.5 Å². The number of hydrogen-bond donors (Lipinski definition) is 2. The maximum absolute atomic E-state index is 11.7. The lowest BCUT2D eigenvalue weighted by atomic mass is 10.1. The quantitative estimate of drug-likeness (QED) is 0.736. The second kappa shape index (κ2) is 7.94. The average molecular weight is 359 g/mol. The summed E-state index contributed by atoms with van der Waals surface area (Å²) >= 11 is 3.62. The molecule has 1 heterocycles. The Morgan fingerprint density at radius 3 is 2.52 bits per heavy atom. The van der Waals surface area contributed by atoms with E-state index in [2.05, 4.69) is 45.5 Å². The molecule has 0 aliphatic carbocycles. The summed E-state index contributed by atoms with van der Waals surface area (Å²) in [6, 6.07) is 0. The van der Waals surface area contributed by atoms with Gasteiger partial charge in [-0.1, -0.05) is 6.92 Å². The molecule has 21 heavy (non-hydrogen) atoms. The number of halogens is 1. The molecule has 0 spiro atoms. The van der Waals surface area contributed by atoms with Gasteiger partial charge in [0.2, 0.25) is 5.91 Å². The molecule has 0 saturated heterocycles. The minimum Gasteiger partial charge on any atom is -0.351 e. The number of amides is 1. The summed E-state index contributed by atoms with van der Waals surface area (Å²) < 4.78 is 3.09. The molecule has 0 aliphatic rings. The summed E-state index contributed by atoms with van der Waals surface area (Å²) in [5.41, 5.74) is 2.06. The molecule has 0 radical (unpaired) electrons. The first-order valence-corrected chi connectivity index (χ1v) is 8.33. The van der Waals surface area contributed by atoms with Gasteiger partial charge in [-0.3, -0.25) is 9.48 Å². The smallest absolute Gasteiger partial charge is 0.221 e. The van der Waals surface area contributed by atoms with E-state index in [1.54, 1.807) is 0 Å². The first kappa shape index (κ1) is 18.2. The molecule has 0 aromatic carbocycles. The van der Waals surface area contributed by atoms with Crippen LogP contribution in [-0.4, -0.2) is 27.8 Å². The topological polar surface area (TPSA) is 59.0 Å². The van der Waals surface area contributed by atoms with Crippen molar-refractivity contribution in [2.24, 2.45) is 0 Å². The summed E-state index contributed by atoms with van der Waals surface area (Å²) in [4.78, 5) is 11.7. The molecule has 0 fully saturated rings. The van der Waals surface area contributed by atoms with Gasteiger partial charge in [0, 0.05) is 31.6 Å². The lowest BCUT2D eigenvalue weighted by Gasteiger charge is -2.20. The molecule has 0 bridgehead atoms. The van der Waals surface area contributed by atoms with Crippen molar-refractivity contribution in [1.82, 2.24) is 20.4 Å². The van der Waals surface area contributed by atoms with E-state index in [1.165, 1.54) is 0 Å². The highest BCUT2D eigenvalue weighted by Gasteiger charge is 2.15. The third-order valence-corrected chi connectivity index (χ3v) is 3.95. The number of carbonyl (C=O) groups excluding carboxylic acids is 1. The Labute approximate surface area is 136 Å². The molecule has 2 N–H and O–H groups in total. The molecule has 1 aromatic heterocycles. The van der Waals surface area contributed by atoms with Gasteiger partial charge in [-0.25, -0.2) is 0 Å². The third kappa shape index (κ3) is 5.79. The Kier molecular flexibility index (Phi) is 6.87. The van der Waals surface area contributed by atoms with Crippen LogP contribution in [0.3, 0.4) is 0 Å². The van der Waals surface area contributed by atoms with E-state index in [1.807, 2.05) is 25.5 Å². The molecule has 120 valence electrons. The van der Waals surface area contributed by atoms with Crippen LogP contribution < -0.4 is 10.6 Å². The van der Waals surface area contributed by atoms with Gasteiger partial charge in [0.15, 0.2) is 0 Å². The van der Waals surface area contributed by atoms with Gasteiger partial charge < -0.3 is 10.6 Å². The van der Waals surface area contributed by atoms with Crippen LogP contribution in [0.4, 0.5) is 0 Å². The lowest BCUT2D eigenvalue weighted by Crippen LogP contribution is -2.41. The largest absolute Gasteiger partial charge is 0.351 e. The van der Waals surface area contributed by atoms with Crippen molar-refractivity contribution in [3.05, 3.63) is 15.9 Å². The highest BCUT2D eigenvalue weighted by molar-refractivity contribution is 9.10. The summed E-state index contributed by atoms with van der Waals surface area (Å²) in [6.07, 6.45) is 1.39. The molecular formula is C15H27BrN4O. The van der Waals surface area contributed by atoms with Crippen LogP contribution in [0.15, 0.2) is 4.47 Å². The maximum Gasteiger partial charge on any atom is 0.221 e. The van der Waals surface area contributed by atoms with Crippen molar-refractivity contribution in [3.8, 4) is 0 Å². The van der Waals surface area contributed by atoms with Gasteiger partial charge >= 0.3 is 0 Å². The van der Waals surface area contributed by atoms with Crippen LogP contribution >= 0.6 is 15.9 Å². The molecule has 6 heteroatoms. The van der Waals surface area contributed by atoms with Crippen LogP contribution in [0.5, 0.6) is 0 Å². The van der Waals surface area contributed by atoms with E-state index in [0.717, 1.165) is 28.8 Å². The Morgan fingerprint density at radius 1 is 1.33 bits per heavy atom. The molecule has 0 unspecified atom stereocenters. The van der Waals surface area contributed by atoms with Crippen molar-refractivity contribution >= 4 is 21.8 Å². The highest BCUT2D eigenvalue weighted by atomic mass is 79.9. The number of aryl methyl sites for hydroxylation is 2. The summed E-state index contributed by atoms with van der Waals surface area (Å²) in [5.74, 6) is 0.0762. The second-order valence-corrected chi connectivity index (χ2v) is 6.89. The zero-order chi connectivity index (χ0) is 16.0. The molecule has 1 rings (SSSR count). The number of nitrogens with one attached hydrogen (secondary N) is 2. The predicted octanol–water partition coefficient (Wildman–Crippen LogP) is 2.62. The number of aromatic nitrogens is 2. The van der Waals surface area contributed by atoms with Crippen LogP contribution in [0.1, 0.15) is 52.4 Å². The normalized spacial score (nSPS) is 11.7. The van der Waals surface area contributed by atoms with E-state index >= 15 is 0 Å². The van der Waals surface area contributed by atoms with Gasteiger partial charge in [-0.2, -0.15) is 5.10 Å². The number of rotatable bonds is 7. The van der Waals surface area contributed by atoms with Gasteiger partial charge in [0.05, 0.1) is 15.9 Å². The number of carbonyl (C=O) groups is 1. The van der Waals surface area contributed by atoms with Crippen LogP contribution in [0, 0.1) is 0 Å². The van der Waals surface area contributed by atoms with Crippen LogP contribution in [0.25, 0.3) is 0 Å². The minimum absolute atomic E-state index is 0.0762. The molecule has 1 amide bonds. The van der Waals surface area contributed by atoms with Crippen molar-refractivity contribution in [2.45, 2.75) is 66.1 Å². The fourth-order valence-corrected chi connectivity index (χ4v) is 2.78. The zero-order valence-corrected chi connectivity index (χ0v) is 15.3. The monoisotopic (exact) mass is 358 g/mol. The van der Waals surface area contributed by atoms with Gasteiger partial charge in [-0.15, -0.1) is 0 Å². The van der Waals surface area contributed by atoms with E-state index < -0.39 is 0 Å². The molecular weight excluding hydrogens is 332 g/mol. The second-order valence-electron chi connectivity index (χ2n) is 6.10.